The molecular formula is C11H21NO2. The topological polar surface area (TPSA) is 49.3 Å². The Balaban J connectivity index is 2.30. The van der Waals surface area contributed by atoms with Crippen LogP contribution in [0.5, 0.6) is 0 Å². The molecule has 0 bridgehead atoms. The summed E-state index contributed by atoms with van der Waals surface area (Å²) in [7, 11) is 0. The molecule has 0 aromatic carbocycles. The van der Waals surface area contributed by atoms with Crippen LogP contribution >= 0.6 is 0 Å². The summed E-state index contributed by atoms with van der Waals surface area (Å²) in [5.74, 6) is -0.689. The number of carboxylic acids is 1. The van der Waals surface area contributed by atoms with E-state index >= 15 is 0 Å². The van der Waals surface area contributed by atoms with Crippen molar-refractivity contribution in [2.75, 3.05) is 0 Å². The number of aliphatic carboxylic acids is 1. The molecule has 3 heteroatoms. The first-order chi connectivity index (χ1) is 6.74. The first-order valence-electron chi connectivity index (χ1n) is 5.73. The number of carboxylic acid groups (broad SMARTS) is 1. The van der Waals surface area contributed by atoms with Gasteiger partial charge in [0.2, 0.25) is 0 Å². The predicted molar refractivity (Wildman–Crippen MR) is 56.3 cm³/mol. The Kier molecular flexibility index (Phi) is 4.94. The molecule has 3 nitrogen and oxygen atoms in total. The second-order valence-corrected chi connectivity index (χ2v) is 4.18. The SMILES string of the molecule is CCCCC(NC1CCCC1)C(=O)O. The minimum atomic E-state index is -0.689. The molecule has 0 aliphatic heterocycles. The molecule has 1 unspecified atom stereocenters. The molecule has 0 saturated heterocycles. The maximum absolute atomic E-state index is 10.9. The summed E-state index contributed by atoms with van der Waals surface area (Å²) in [4.78, 5) is 10.9. The van der Waals surface area contributed by atoms with E-state index in [2.05, 4.69) is 12.2 Å². The van der Waals surface area contributed by atoms with E-state index in [1.807, 2.05) is 0 Å². The highest BCUT2D eigenvalue weighted by atomic mass is 16.4. The summed E-state index contributed by atoms with van der Waals surface area (Å²) in [5.41, 5.74) is 0. The molecule has 1 aliphatic carbocycles. The van der Waals surface area contributed by atoms with Crippen molar-refractivity contribution in [2.24, 2.45) is 0 Å². The summed E-state index contributed by atoms with van der Waals surface area (Å²) in [6.07, 6.45) is 7.62. The van der Waals surface area contributed by atoms with Crippen molar-refractivity contribution in [2.45, 2.75) is 64.0 Å². The Labute approximate surface area is 85.9 Å². The molecule has 1 fully saturated rings. The van der Waals surface area contributed by atoms with Gasteiger partial charge in [-0.2, -0.15) is 0 Å². The first-order valence-corrected chi connectivity index (χ1v) is 5.73. The van der Waals surface area contributed by atoms with Gasteiger partial charge in [-0.1, -0.05) is 32.6 Å². The van der Waals surface area contributed by atoms with Crippen LogP contribution < -0.4 is 5.32 Å². The van der Waals surface area contributed by atoms with Crippen molar-refractivity contribution in [3.05, 3.63) is 0 Å². The van der Waals surface area contributed by atoms with Crippen LogP contribution in [0.1, 0.15) is 51.9 Å². The van der Waals surface area contributed by atoms with Crippen LogP contribution in [0, 0.1) is 0 Å². The molecule has 1 rings (SSSR count). The third-order valence-electron chi connectivity index (χ3n) is 2.94. The van der Waals surface area contributed by atoms with Gasteiger partial charge in [0, 0.05) is 6.04 Å². The highest BCUT2D eigenvalue weighted by molar-refractivity contribution is 5.73. The van der Waals surface area contributed by atoms with Crippen molar-refractivity contribution in [3.8, 4) is 0 Å². The van der Waals surface area contributed by atoms with Crippen LogP contribution in [-0.4, -0.2) is 23.2 Å². The molecule has 1 atom stereocenters. The maximum Gasteiger partial charge on any atom is 0.320 e. The number of nitrogens with one attached hydrogen (secondary N) is 1. The van der Waals surface area contributed by atoms with Gasteiger partial charge in [-0.25, -0.2) is 0 Å². The lowest BCUT2D eigenvalue weighted by atomic mass is 10.1. The zero-order valence-corrected chi connectivity index (χ0v) is 8.96. The molecule has 1 aliphatic rings. The van der Waals surface area contributed by atoms with Crippen molar-refractivity contribution in [1.82, 2.24) is 5.32 Å². The molecule has 82 valence electrons. The summed E-state index contributed by atoms with van der Waals surface area (Å²) in [6.45, 7) is 2.09. The van der Waals surface area contributed by atoms with Crippen molar-refractivity contribution < 1.29 is 9.90 Å². The molecule has 0 radical (unpaired) electrons. The Morgan fingerprint density at radius 1 is 1.50 bits per heavy atom. The van der Waals surface area contributed by atoms with E-state index in [0.29, 0.717) is 6.04 Å². The van der Waals surface area contributed by atoms with E-state index in [0.717, 1.165) is 32.1 Å². The average Bonchev–Trinajstić information content (AvgIpc) is 2.64. The summed E-state index contributed by atoms with van der Waals surface area (Å²) < 4.78 is 0. The standard InChI is InChI=1S/C11H21NO2/c1-2-3-8-10(11(13)14)12-9-6-4-5-7-9/h9-10,12H,2-8H2,1H3,(H,13,14). The van der Waals surface area contributed by atoms with E-state index in [9.17, 15) is 4.79 Å². The van der Waals surface area contributed by atoms with Gasteiger partial charge in [0.1, 0.15) is 6.04 Å². The molecule has 0 aromatic rings. The Morgan fingerprint density at radius 3 is 2.64 bits per heavy atom. The highest BCUT2D eigenvalue weighted by Crippen LogP contribution is 2.18. The fourth-order valence-corrected chi connectivity index (χ4v) is 2.06. The fraction of sp³-hybridized carbons (Fsp3) is 0.909. The smallest absolute Gasteiger partial charge is 0.320 e. The number of hydrogen-bond donors (Lipinski definition) is 2. The fourth-order valence-electron chi connectivity index (χ4n) is 2.06. The maximum atomic E-state index is 10.9. The third-order valence-corrected chi connectivity index (χ3v) is 2.94. The minimum absolute atomic E-state index is 0.321. The molecule has 0 spiro atoms. The summed E-state index contributed by atoms with van der Waals surface area (Å²) in [6, 6.07) is 0.131. The van der Waals surface area contributed by atoms with Gasteiger partial charge in [0.15, 0.2) is 0 Å². The van der Waals surface area contributed by atoms with Crippen LogP contribution in [0.15, 0.2) is 0 Å². The highest BCUT2D eigenvalue weighted by Gasteiger charge is 2.22. The second kappa shape index (κ2) is 6.02. The van der Waals surface area contributed by atoms with Gasteiger partial charge in [0.05, 0.1) is 0 Å². The van der Waals surface area contributed by atoms with Crippen LogP contribution in [0.4, 0.5) is 0 Å². The molecule has 0 aromatic heterocycles. The summed E-state index contributed by atoms with van der Waals surface area (Å²) >= 11 is 0. The first kappa shape index (κ1) is 11.5. The average molecular weight is 199 g/mol. The Bertz CT molecular complexity index is 176. The number of hydrogen-bond acceptors (Lipinski definition) is 2. The zero-order chi connectivity index (χ0) is 10.4. The van der Waals surface area contributed by atoms with E-state index < -0.39 is 5.97 Å². The van der Waals surface area contributed by atoms with Gasteiger partial charge in [-0.3, -0.25) is 4.79 Å². The zero-order valence-electron chi connectivity index (χ0n) is 8.96. The number of unbranched alkanes of at least 4 members (excludes halogenated alkanes) is 1. The normalized spacial score (nSPS) is 19.8. The minimum Gasteiger partial charge on any atom is -0.480 e. The second-order valence-electron chi connectivity index (χ2n) is 4.18. The quantitative estimate of drug-likeness (QED) is 0.689. The van der Waals surface area contributed by atoms with Crippen LogP contribution in [0.3, 0.4) is 0 Å². The van der Waals surface area contributed by atoms with E-state index in [-0.39, 0.29) is 6.04 Å². The Morgan fingerprint density at radius 2 is 2.14 bits per heavy atom. The number of carbonyl (C=O) groups is 1. The van der Waals surface area contributed by atoms with E-state index in [4.69, 9.17) is 5.11 Å². The molecular weight excluding hydrogens is 178 g/mol. The van der Waals surface area contributed by atoms with Gasteiger partial charge in [-0.05, 0) is 19.3 Å². The third kappa shape index (κ3) is 3.66. The van der Waals surface area contributed by atoms with Gasteiger partial charge in [0.25, 0.3) is 0 Å². The number of rotatable bonds is 6. The lowest BCUT2D eigenvalue weighted by Gasteiger charge is -2.18. The van der Waals surface area contributed by atoms with Gasteiger partial charge < -0.3 is 10.4 Å². The van der Waals surface area contributed by atoms with Crippen LogP contribution in [-0.2, 0) is 4.79 Å². The largest absolute Gasteiger partial charge is 0.480 e. The van der Waals surface area contributed by atoms with Gasteiger partial charge in [-0.15, -0.1) is 0 Å². The van der Waals surface area contributed by atoms with Crippen molar-refractivity contribution in [1.29, 1.82) is 0 Å². The molecule has 1 saturated carbocycles. The molecule has 2 N–H and O–H groups in total. The lowest BCUT2D eigenvalue weighted by molar-refractivity contribution is -0.139. The van der Waals surface area contributed by atoms with Crippen molar-refractivity contribution >= 4 is 5.97 Å². The Hall–Kier alpha value is -0.570. The summed E-state index contributed by atoms with van der Waals surface area (Å²) in [5, 5.41) is 12.2. The van der Waals surface area contributed by atoms with E-state index in [1.165, 1.54) is 12.8 Å². The van der Waals surface area contributed by atoms with Crippen LogP contribution in [0.2, 0.25) is 0 Å². The lowest BCUT2D eigenvalue weighted by Crippen LogP contribution is -2.42. The molecule has 0 heterocycles. The predicted octanol–water partition coefficient (Wildman–Crippen LogP) is 2.16. The van der Waals surface area contributed by atoms with E-state index in [1.54, 1.807) is 0 Å². The van der Waals surface area contributed by atoms with Crippen LogP contribution in [0.25, 0.3) is 0 Å². The van der Waals surface area contributed by atoms with Crippen molar-refractivity contribution in [3.63, 3.8) is 0 Å². The monoisotopic (exact) mass is 199 g/mol. The molecule has 0 amide bonds. The van der Waals surface area contributed by atoms with Gasteiger partial charge >= 0.3 is 5.97 Å². The molecule has 14 heavy (non-hydrogen) atoms.